The van der Waals surface area contributed by atoms with Crippen molar-refractivity contribution in [3.8, 4) is 0 Å². The van der Waals surface area contributed by atoms with Gasteiger partial charge in [-0.2, -0.15) is 0 Å². The van der Waals surface area contributed by atoms with Crippen molar-refractivity contribution in [2.75, 3.05) is 6.54 Å². The number of likely N-dealkylation sites (tertiary alicyclic amines) is 1. The molecule has 0 saturated carbocycles. The molecule has 2 amide bonds. The molecule has 1 aliphatic rings. The van der Waals surface area contributed by atoms with Crippen molar-refractivity contribution in [1.29, 1.82) is 0 Å². The van der Waals surface area contributed by atoms with Crippen molar-refractivity contribution in [2.24, 2.45) is 11.7 Å². The van der Waals surface area contributed by atoms with E-state index in [-0.39, 0.29) is 5.91 Å². The standard InChI is InChI=1S/C13H14N4O2/c14-12(18)10-2-4-17(13(10)19)7-9-5-8-6-15-3-1-11(8)16-9/h1,3,5-6,10,16H,2,4,7H2,(H2,14,18)/t10-/m1/s1. The molecule has 0 aromatic carbocycles. The monoisotopic (exact) mass is 258 g/mol. The van der Waals surface area contributed by atoms with Gasteiger partial charge < -0.3 is 15.6 Å². The summed E-state index contributed by atoms with van der Waals surface area (Å²) in [7, 11) is 0. The third-order valence-corrected chi connectivity index (χ3v) is 3.48. The van der Waals surface area contributed by atoms with Crippen molar-refractivity contribution >= 4 is 22.7 Å². The van der Waals surface area contributed by atoms with E-state index >= 15 is 0 Å². The zero-order valence-electron chi connectivity index (χ0n) is 10.3. The number of aromatic nitrogens is 2. The Balaban J connectivity index is 1.78. The fourth-order valence-electron chi connectivity index (χ4n) is 2.48. The van der Waals surface area contributed by atoms with E-state index in [4.69, 9.17) is 5.73 Å². The highest BCUT2D eigenvalue weighted by Gasteiger charge is 2.35. The molecule has 3 N–H and O–H groups in total. The van der Waals surface area contributed by atoms with Crippen LogP contribution in [-0.4, -0.2) is 33.2 Å². The smallest absolute Gasteiger partial charge is 0.235 e. The van der Waals surface area contributed by atoms with Gasteiger partial charge in [-0.1, -0.05) is 0 Å². The van der Waals surface area contributed by atoms with Crippen molar-refractivity contribution in [1.82, 2.24) is 14.9 Å². The first-order valence-corrected chi connectivity index (χ1v) is 6.15. The third kappa shape index (κ3) is 2.05. The number of nitrogens with two attached hydrogens (primary N) is 1. The van der Waals surface area contributed by atoms with Gasteiger partial charge in [0.25, 0.3) is 0 Å². The van der Waals surface area contributed by atoms with E-state index in [1.54, 1.807) is 17.3 Å². The number of amides is 2. The summed E-state index contributed by atoms with van der Waals surface area (Å²) < 4.78 is 0. The predicted octanol–water partition coefficient (Wildman–Crippen LogP) is 0.397. The quantitative estimate of drug-likeness (QED) is 0.780. The van der Waals surface area contributed by atoms with Gasteiger partial charge in [0.05, 0.1) is 6.54 Å². The van der Waals surface area contributed by atoms with E-state index in [2.05, 4.69) is 9.97 Å². The van der Waals surface area contributed by atoms with Gasteiger partial charge >= 0.3 is 0 Å². The summed E-state index contributed by atoms with van der Waals surface area (Å²) in [6, 6.07) is 3.85. The van der Waals surface area contributed by atoms with Crippen LogP contribution in [0.1, 0.15) is 12.1 Å². The minimum absolute atomic E-state index is 0.177. The number of aromatic amines is 1. The Morgan fingerprint density at radius 3 is 3.11 bits per heavy atom. The molecule has 1 fully saturated rings. The Bertz CT molecular complexity index is 616. The van der Waals surface area contributed by atoms with Crippen molar-refractivity contribution in [2.45, 2.75) is 13.0 Å². The summed E-state index contributed by atoms with van der Waals surface area (Å²) in [6.07, 6.45) is 4.00. The van der Waals surface area contributed by atoms with Crippen LogP contribution >= 0.6 is 0 Å². The van der Waals surface area contributed by atoms with Crippen LogP contribution in [0.3, 0.4) is 0 Å². The molecule has 2 aromatic heterocycles. The predicted molar refractivity (Wildman–Crippen MR) is 68.8 cm³/mol. The minimum Gasteiger partial charge on any atom is -0.369 e. The number of hydrogen-bond acceptors (Lipinski definition) is 3. The summed E-state index contributed by atoms with van der Waals surface area (Å²) >= 11 is 0. The van der Waals surface area contributed by atoms with Crippen LogP contribution in [0.2, 0.25) is 0 Å². The lowest BCUT2D eigenvalue weighted by Crippen LogP contribution is -2.33. The lowest BCUT2D eigenvalue weighted by Gasteiger charge is -2.14. The van der Waals surface area contributed by atoms with E-state index in [9.17, 15) is 9.59 Å². The van der Waals surface area contributed by atoms with Gasteiger partial charge in [-0.3, -0.25) is 14.6 Å². The summed E-state index contributed by atoms with van der Waals surface area (Å²) in [5.41, 5.74) is 7.12. The topological polar surface area (TPSA) is 92.1 Å². The minimum atomic E-state index is -0.661. The molecule has 3 heterocycles. The highest BCUT2D eigenvalue weighted by atomic mass is 16.2. The number of nitrogens with zero attached hydrogens (tertiary/aromatic N) is 2. The normalized spacial score (nSPS) is 19.3. The number of carbonyl (C=O) groups is 2. The second-order valence-corrected chi connectivity index (χ2v) is 4.76. The van der Waals surface area contributed by atoms with Crippen molar-refractivity contribution < 1.29 is 9.59 Å². The Hall–Kier alpha value is -2.37. The van der Waals surface area contributed by atoms with E-state index in [0.717, 1.165) is 16.6 Å². The van der Waals surface area contributed by atoms with Crippen LogP contribution in [-0.2, 0) is 16.1 Å². The maximum absolute atomic E-state index is 12.0. The van der Waals surface area contributed by atoms with Crippen LogP contribution in [0.5, 0.6) is 0 Å². The van der Waals surface area contributed by atoms with E-state index in [1.807, 2.05) is 12.1 Å². The molecule has 0 bridgehead atoms. The number of H-pyrrole nitrogens is 1. The first kappa shape index (κ1) is 11.7. The first-order valence-electron chi connectivity index (χ1n) is 6.15. The molecule has 3 rings (SSSR count). The van der Waals surface area contributed by atoms with Crippen LogP contribution in [0.15, 0.2) is 24.5 Å². The van der Waals surface area contributed by atoms with Gasteiger partial charge in [0.1, 0.15) is 5.92 Å². The number of primary amides is 1. The Kier molecular flexibility index (Phi) is 2.70. The fraction of sp³-hybridized carbons (Fsp3) is 0.308. The number of rotatable bonds is 3. The molecule has 6 heteroatoms. The van der Waals surface area contributed by atoms with E-state index in [0.29, 0.717) is 19.5 Å². The lowest BCUT2D eigenvalue weighted by atomic mass is 10.1. The van der Waals surface area contributed by atoms with Gasteiger partial charge in [0, 0.05) is 35.5 Å². The second-order valence-electron chi connectivity index (χ2n) is 4.76. The SMILES string of the molecule is NC(=O)[C@H]1CCN(Cc2cc3cnccc3[nH]2)C1=O. The molecular formula is C13H14N4O2. The number of carbonyl (C=O) groups excluding carboxylic acids is 2. The van der Waals surface area contributed by atoms with Gasteiger partial charge in [-0.25, -0.2) is 0 Å². The molecule has 0 spiro atoms. The summed E-state index contributed by atoms with van der Waals surface area (Å²) in [5, 5.41) is 1.01. The van der Waals surface area contributed by atoms with Gasteiger partial charge in [-0.05, 0) is 18.6 Å². The molecule has 19 heavy (non-hydrogen) atoms. The van der Waals surface area contributed by atoms with Gasteiger partial charge in [-0.15, -0.1) is 0 Å². The average Bonchev–Trinajstić information content (AvgIpc) is 2.94. The highest BCUT2D eigenvalue weighted by molar-refractivity contribution is 6.00. The number of pyridine rings is 1. The Morgan fingerprint density at radius 1 is 1.58 bits per heavy atom. The Morgan fingerprint density at radius 2 is 2.42 bits per heavy atom. The maximum atomic E-state index is 12.0. The molecule has 2 aromatic rings. The molecule has 1 aliphatic heterocycles. The van der Waals surface area contributed by atoms with Crippen molar-refractivity contribution in [3.63, 3.8) is 0 Å². The van der Waals surface area contributed by atoms with Gasteiger partial charge in [0.15, 0.2) is 0 Å². The van der Waals surface area contributed by atoms with Gasteiger partial charge in [0.2, 0.25) is 11.8 Å². The van der Waals surface area contributed by atoms with Crippen LogP contribution in [0.25, 0.3) is 10.9 Å². The molecule has 0 unspecified atom stereocenters. The van der Waals surface area contributed by atoms with E-state index < -0.39 is 11.8 Å². The Labute approximate surface area is 109 Å². The molecule has 0 aliphatic carbocycles. The number of fused-ring (bicyclic) bond motifs is 1. The maximum Gasteiger partial charge on any atom is 0.235 e. The molecule has 0 radical (unpaired) electrons. The summed E-state index contributed by atoms with van der Waals surface area (Å²) in [6.45, 7) is 1.04. The van der Waals surface area contributed by atoms with Crippen LogP contribution < -0.4 is 5.73 Å². The third-order valence-electron chi connectivity index (χ3n) is 3.48. The lowest BCUT2D eigenvalue weighted by molar-refractivity contribution is -0.136. The summed E-state index contributed by atoms with van der Waals surface area (Å²) in [5.74, 6) is -1.37. The zero-order chi connectivity index (χ0) is 13.4. The molecule has 1 saturated heterocycles. The highest BCUT2D eigenvalue weighted by Crippen LogP contribution is 2.21. The molecule has 1 atom stereocenters. The zero-order valence-corrected chi connectivity index (χ0v) is 10.3. The fourth-order valence-corrected chi connectivity index (χ4v) is 2.48. The first-order chi connectivity index (χ1) is 9.15. The van der Waals surface area contributed by atoms with E-state index in [1.165, 1.54) is 0 Å². The summed E-state index contributed by atoms with van der Waals surface area (Å²) in [4.78, 5) is 32.0. The second kappa shape index (κ2) is 4.38. The molecule has 6 nitrogen and oxygen atoms in total. The van der Waals surface area contributed by atoms with Crippen LogP contribution in [0, 0.1) is 5.92 Å². The molecular weight excluding hydrogens is 244 g/mol. The average molecular weight is 258 g/mol. The largest absolute Gasteiger partial charge is 0.369 e. The van der Waals surface area contributed by atoms with Crippen LogP contribution in [0.4, 0.5) is 0 Å². The molecule has 98 valence electrons. The number of hydrogen-bond donors (Lipinski definition) is 2. The van der Waals surface area contributed by atoms with Crippen molar-refractivity contribution in [3.05, 3.63) is 30.2 Å². The number of nitrogens with one attached hydrogen (secondary N) is 1.